The fourth-order valence-electron chi connectivity index (χ4n) is 1.07. The van der Waals surface area contributed by atoms with Gasteiger partial charge in [0, 0.05) is 13.7 Å². The zero-order chi connectivity index (χ0) is 13.4. The summed E-state index contributed by atoms with van der Waals surface area (Å²) in [6.07, 6.45) is 3.17. The van der Waals surface area contributed by atoms with Crippen molar-refractivity contribution in [2.45, 2.75) is 58.2 Å². The van der Waals surface area contributed by atoms with Gasteiger partial charge in [0.1, 0.15) is 6.79 Å². The standard InChI is InChI=1S/C13H29O3Si.Li/c1-13(2,3)17(5,6)16-11-9-7-8-10-15-12-14-4;/h10H,7-9,11-12H2,1-6H3;/q-1;+1. The van der Waals surface area contributed by atoms with Crippen molar-refractivity contribution in [1.29, 1.82) is 0 Å². The van der Waals surface area contributed by atoms with Crippen LogP contribution < -0.4 is 18.9 Å². The quantitative estimate of drug-likeness (QED) is 0.270. The smallest absolute Gasteiger partial charge is 0.532 e. The van der Waals surface area contributed by atoms with Crippen LogP contribution in [0, 0.1) is 6.61 Å². The van der Waals surface area contributed by atoms with E-state index in [1.807, 2.05) is 6.61 Å². The van der Waals surface area contributed by atoms with Gasteiger partial charge >= 0.3 is 18.9 Å². The summed E-state index contributed by atoms with van der Waals surface area (Å²) >= 11 is 0. The van der Waals surface area contributed by atoms with Gasteiger partial charge in [-0.2, -0.15) is 6.42 Å². The molecule has 0 aliphatic carbocycles. The van der Waals surface area contributed by atoms with E-state index in [1.165, 1.54) is 0 Å². The summed E-state index contributed by atoms with van der Waals surface area (Å²) in [4.78, 5) is 0. The third-order valence-corrected chi connectivity index (χ3v) is 7.83. The summed E-state index contributed by atoms with van der Waals surface area (Å²) in [6.45, 7) is 14.4. The first-order chi connectivity index (χ1) is 7.81. The van der Waals surface area contributed by atoms with E-state index < -0.39 is 8.32 Å². The van der Waals surface area contributed by atoms with Crippen molar-refractivity contribution < 1.29 is 32.8 Å². The van der Waals surface area contributed by atoms with Crippen LogP contribution in [0.4, 0.5) is 0 Å². The van der Waals surface area contributed by atoms with Crippen LogP contribution >= 0.6 is 0 Å². The second kappa shape index (κ2) is 10.5. The Balaban J connectivity index is 0. The minimum atomic E-state index is -1.55. The second-order valence-electron chi connectivity index (χ2n) is 5.84. The predicted molar refractivity (Wildman–Crippen MR) is 74.3 cm³/mol. The molecule has 0 amide bonds. The third-order valence-electron chi connectivity index (χ3n) is 3.29. The van der Waals surface area contributed by atoms with Crippen molar-refractivity contribution in [3.8, 4) is 0 Å². The first kappa shape index (κ1) is 21.0. The van der Waals surface area contributed by atoms with Gasteiger partial charge in [-0.15, -0.1) is 0 Å². The molecule has 0 rings (SSSR count). The van der Waals surface area contributed by atoms with Gasteiger partial charge in [-0.05, 0) is 24.6 Å². The SMILES string of the molecule is COCO[CH-]CCCCO[Si](C)(C)C(C)(C)C.[Li+]. The Morgan fingerprint density at radius 1 is 1.11 bits per heavy atom. The molecule has 0 unspecified atom stereocenters. The fourth-order valence-corrected chi connectivity index (χ4v) is 2.16. The molecule has 0 aromatic rings. The Kier molecular flexibility index (Phi) is 12.2. The average molecular weight is 268 g/mol. The van der Waals surface area contributed by atoms with Gasteiger partial charge in [-0.3, -0.25) is 0 Å². The van der Waals surface area contributed by atoms with E-state index in [0.29, 0.717) is 11.8 Å². The monoisotopic (exact) mass is 268 g/mol. The molecule has 0 spiro atoms. The molecule has 18 heavy (non-hydrogen) atoms. The Morgan fingerprint density at radius 2 is 1.72 bits per heavy atom. The van der Waals surface area contributed by atoms with Crippen molar-refractivity contribution in [2.24, 2.45) is 0 Å². The van der Waals surface area contributed by atoms with Gasteiger partial charge in [0.05, 0.1) is 0 Å². The number of hydrogen-bond donors (Lipinski definition) is 0. The second-order valence-corrected chi connectivity index (χ2v) is 10.7. The van der Waals surface area contributed by atoms with Crippen LogP contribution in [0.15, 0.2) is 0 Å². The number of rotatable bonds is 9. The number of methoxy groups -OCH3 is 1. The number of hydrogen-bond acceptors (Lipinski definition) is 3. The Bertz CT molecular complexity index is 193. The van der Waals surface area contributed by atoms with Crippen LogP contribution in [0.5, 0.6) is 0 Å². The van der Waals surface area contributed by atoms with E-state index in [-0.39, 0.29) is 18.9 Å². The molecule has 0 saturated heterocycles. The molecule has 0 bridgehead atoms. The first-order valence-electron chi connectivity index (χ1n) is 6.37. The number of unbranched alkanes of at least 4 members (excludes halogenated alkanes) is 2. The minimum absolute atomic E-state index is 0. The van der Waals surface area contributed by atoms with E-state index >= 15 is 0 Å². The van der Waals surface area contributed by atoms with Gasteiger partial charge in [-0.25, -0.2) is 6.61 Å². The molecule has 0 aliphatic heterocycles. The first-order valence-corrected chi connectivity index (χ1v) is 9.28. The maximum absolute atomic E-state index is 6.08. The van der Waals surface area contributed by atoms with Gasteiger partial charge in [-0.1, -0.05) is 27.2 Å². The molecule has 104 valence electrons. The topological polar surface area (TPSA) is 27.7 Å². The van der Waals surface area contributed by atoms with Crippen LogP contribution in [0.25, 0.3) is 0 Å². The maximum atomic E-state index is 6.08. The van der Waals surface area contributed by atoms with Gasteiger partial charge in [0.2, 0.25) is 0 Å². The van der Waals surface area contributed by atoms with E-state index in [1.54, 1.807) is 7.11 Å². The zero-order valence-electron chi connectivity index (χ0n) is 13.3. The molecule has 0 saturated carbocycles. The average Bonchev–Trinajstić information content (AvgIpc) is 2.20. The normalized spacial score (nSPS) is 12.3. The van der Waals surface area contributed by atoms with E-state index in [9.17, 15) is 0 Å². The molecule has 0 fully saturated rings. The van der Waals surface area contributed by atoms with Crippen LogP contribution in [-0.2, 0) is 13.9 Å². The third kappa shape index (κ3) is 9.60. The molecule has 3 nitrogen and oxygen atoms in total. The van der Waals surface area contributed by atoms with Crippen molar-refractivity contribution >= 4 is 8.32 Å². The summed E-state index contributed by atoms with van der Waals surface area (Å²) in [5.74, 6) is 0. The molecule has 0 heterocycles. The Morgan fingerprint density at radius 3 is 2.22 bits per heavy atom. The van der Waals surface area contributed by atoms with Gasteiger partial charge in [0.25, 0.3) is 0 Å². The fraction of sp³-hybridized carbons (Fsp3) is 0.923. The summed E-state index contributed by atoms with van der Waals surface area (Å²) in [5.41, 5.74) is 0. The van der Waals surface area contributed by atoms with Crippen molar-refractivity contribution in [3.63, 3.8) is 0 Å². The number of ether oxygens (including phenoxy) is 2. The largest absolute Gasteiger partial charge is 1.00 e. The van der Waals surface area contributed by atoms with Gasteiger partial charge < -0.3 is 13.9 Å². The van der Waals surface area contributed by atoms with Crippen LogP contribution in [0.3, 0.4) is 0 Å². The van der Waals surface area contributed by atoms with Crippen LogP contribution in [0.1, 0.15) is 40.0 Å². The van der Waals surface area contributed by atoms with Crippen LogP contribution in [-0.4, -0.2) is 28.8 Å². The molecule has 0 radical (unpaired) electrons. The maximum Gasteiger partial charge on any atom is 1.00 e. The molecule has 0 aliphatic rings. The summed E-state index contributed by atoms with van der Waals surface area (Å²) in [7, 11) is 0.0784. The minimum Gasteiger partial charge on any atom is -0.532 e. The van der Waals surface area contributed by atoms with E-state index in [2.05, 4.69) is 33.9 Å². The molecule has 0 aromatic heterocycles. The zero-order valence-corrected chi connectivity index (χ0v) is 14.3. The Labute approximate surface area is 126 Å². The summed E-state index contributed by atoms with van der Waals surface area (Å²) < 4.78 is 16.0. The molecule has 0 N–H and O–H groups in total. The molecule has 0 aromatic carbocycles. The molecular weight excluding hydrogens is 239 g/mol. The van der Waals surface area contributed by atoms with E-state index in [4.69, 9.17) is 13.9 Å². The summed E-state index contributed by atoms with van der Waals surface area (Å²) in [6, 6.07) is 0. The predicted octanol–water partition coefficient (Wildman–Crippen LogP) is 0.965. The Hall–Kier alpha value is 0.694. The molecule has 0 atom stereocenters. The molecule has 5 heteroatoms. The van der Waals surface area contributed by atoms with Crippen LogP contribution in [0.2, 0.25) is 18.1 Å². The molecular formula is C13H29LiO3Si. The van der Waals surface area contributed by atoms with Crippen molar-refractivity contribution in [3.05, 3.63) is 6.61 Å². The van der Waals surface area contributed by atoms with E-state index in [0.717, 1.165) is 25.9 Å². The summed E-state index contributed by atoms with van der Waals surface area (Å²) in [5, 5.41) is 0.306. The van der Waals surface area contributed by atoms with Crippen molar-refractivity contribution in [2.75, 3.05) is 20.5 Å². The van der Waals surface area contributed by atoms with Gasteiger partial charge in [0.15, 0.2) is 8.32 Å². The van der Waals surface area contributed by atoms with Crippen molar-refractivity contribution in [1.82, 2.24) is 0 Å².